The van der Waals surface area contributed by atoms with Crippen molar-refractivity contribution in [1.29, 1.82) is 0 Å². The lowest BCUT2D eigenvalue weighted by Gasteiger charge is -2.12. The molecule has 1 aromatic heterocycles. The van der Waals surface area contributed by atoms with Gasteiger partial charge in [-0.05, 0) is 33.6 Å². The number of hydrogen-bond acceptors (Lipinski definition) is 4. The number of pyridine rings is 1. The number of halogens is 2. The van der Waals surface area contributed by atoms with Crippen LogP contribution in [-0.2, 0) is 6.61 Å². The normalized spacial score (nSPS) is 10.4. The molecule has 2 aromatic carbocycles. The second kappa shape index (κ2) is 8.23. The summed E-state index contributed by atoms with van der Waals surface area (Å²) in [7, 11) is 1.83. The highest BCUT2D eigenvalue weighted by Crippen LogP contribution is 2.34. The van der Waals surface area contributed by atoms with Crippen molar-refractivity contribution in [3.05, 3.63) is 75.9 Å². The second-order valence-electron chi connectivity index (χ2n) is 5.25. The van der Waals surface area contributed by atoms with Crippen LogP contribution in [0.1, 0.15) is 5.56 Å². The zero-order valence-corrected chi connectivity index (χ0v) is 15.8. The van der Waals surface area contributed by atoms with Crippen molar-refractivity contribution < 1.29 is 9.47 Å². The van der Waals surface area contributed by atoms with Gasteiger partial charge in [-0.3, -0.25) is 0 Å². The monoisotopic (exact) mass is 418 g/mol. The Morgan fingerprint density at radius 1 is 1.12 bits per heavy atom. The first kappa shape index (κ1) is 17.6. The highest BCUT2D eigenvalue weighted by atomic mass is 79.9. The molecule has 4 nitrogen and oxygen atoms in total. The van der Waals surface area contributed by atoms with Crippen LogP contribution in [0, 0.1) is 0 Å². The minimum atomic E-state index is 0.440. The van der Waals surface area contributed by atoms with Crippen molar-refractivity contribution in [3.8, 4) is 17.4 Å². The minimum Gasteiger partial charge on any atom is -0.473 e. The third kappa shape index (κ3) is 4.87. The van der Waals surface area contributed by atoms with Crippen LogP contribution in [0.2, 0.25) is 5.02 Å². The van der Waals surface area contributed by atoms with Gasteiger partial charge in [0.1, 0.15) is 18.1 Å². The Morgan fingerprint density at radius 3 is 2.68 bits per heavy atom. The summed E-state index contributed by atoms with van der Waals surface area (Å²) < 4.78 is 12.4. The SMILES string of the molecule is CNc1cc(Cl)cc(Oc2cc(OCc3ccccc3)ncc2Br)c1. The van der Waals surface area contributed by atoms with Crippen LogP contribution < -0.4 is 14.8 Å². The lowest BCUT2D eigenvalue weighted by molar-refractivity contribution is 0.292. The molecule has 1 heterocycles. The van der Waals surface area contributed by atoms with Gasteiger partial charge in [0, 0.05) is 36.1 Å². The number of anilines is 1. The standard InChI is InChI=1S/C19H16BrClN2O2/c1-22-15-7-14(21)8-16(9-15)25-18-10-19(23-11-17(18)20)24-12-13-5-3-2-4-6-13/h2-11,22H,12H2,1H3. The zero-order valence-electron chi connectivity index (χ0n) is 13.5. The molecule has 0 saturated heterocycles. The summed E-state index contributed by atoms with van der Waals surface area (Å²) >= 11 is 9.56. The quantitative estimate of drug-likeness (QED) is 0.539. The molecule has 0 amide bonds. The maximum absolute atomic E-state index is 6.11. The van der Waals surface area contributed by atoms with E-state index >= 15 is 0 Å². The van der Waals surface area contributed by atoms with Crippen LogP contribution in [0.5, 0.6) is 17.4 Å². The predicted octanol–water partition coefficient (Wildman–Crippen LogP) is 5.91. The van der Waals surface area contributed by atoms with Crippen molar-refractivity contribution in [2.45, 2.75) is 6.61 Å². The van der Waals surface area contributed by atoms with Gasteiger partial charge >= 0.3 is 0 Å². The van der Waals surface area contributed by atoms with Crippen molar-refractivity contribution in [3.63, 3.8) is 0 Å². The van der Waals surface area contributed by atoms with Crippen molar-refractivity contribution >= 4 is 33.2 Å². The second-order valence-corrected chi connectivity index (χ2v) is 6.55. The number of rotatable bonds is 6. The molecular weight excluding hydrogens is 404 g/mol. The molecule has 6 heteroatoms. The third-order valence-corrected chi connectivity index (χ3v) is 4.23. The smallest absolute Gasteiger partial charge is 0.217 e. The van der Waals surface area contributed by atoms with Gasteiger partial charge < -0.3 is 14.8 Å². The summed E-state index contributed by atoms with van der Waals surface area (Å²) in [5.74, 6) is 1.71. The third-order valence-electron chi connectivity index (χ3n) is 3.41. The average molecular weight is 420 g/mol. The number of nitrogens with one attached hydrogen (secondary N) is 1. The highest BCUT2D eigenvalue weighted by Gasteiger charge is 2.08. The molecule has 0 aliphatic heterocycles. The maximum Gasteiger partial charge on any atom is 0.217 e. The van der Waals surface area contributed by atoms with Crippen LogP contribution in [0.25, 0.3) is 0 Å². The molecule has 3 rings (SSSR count). The van der Waals surface area contributed by atoms with E-state index in [1.54, 1.807) is 18.3 Å². The number of benzene rings is 2. The van der Waals surface area contributed by atoms with E-state index in [0.717, 1.165) is 15.7 Å². The van der Waals surface area contributed by atoms with Crippen molar-refractivity contribution in [2.75, 3.05) is 12.4 Å². The topological polar surface area (TPSA) is 43.4 Å². The Morgan fingerprint density at radius 2 is 1.92 bits per heavy atom. The fourth-order valence-electron chi connectivity index (χ4n) is 2.18. The van der Waals surface area contributed by atoms with Crippen LogP contribution in [0.4, 0.5) is 5.69 Å². The van der Waals surface area contributed by atoms with Gasteiger partial charge in [-0.1, -0.05) is 41.9 Å². The fourth-order valence-corrected chi connectivity index (χ4v) is 2.71. The van der Waals surface area contributed by atoms with E-state index in [1.807, 2.05) is 49.5 Å². The van der Waals surface area contributed by atoms with Crippen LogP contribution in [0.3, 0.4) is 0 Å². The summed E-state index contributed by atoms with van der Waals surface area (Å²) in [5.41, 5.74) is 1.94. The van der Waals surface area contributed by atoms with Crippen molar-refractivity contribution in [2.24, 2.45) is 0 Å². The minimum absolute atomic E-state index is 0.440. The number of hydrogen-bond donors (Lipinski definition) is 1. The first-order valence-corrected chi connectivity index (χ1v) is 8.79. The summed E-state index contributed by atoms with van der Waals surface area (Å²) in [6.45, 7) is 0.440. The number of nitrogens with zero attached hydrogens (tertiary/aromatic N) is 1. The van der Waals surface area contributed by atoms with Gasteiger partial charge in [0.05, 0.1) is 4.47 Å². The predicted molar refractivity (Wildman–Crippen MR) is 104 cm³/mol. The van der Waals surface area contributed by atoms with E-state index in [2.05, 4.69) is 26.2 Å². The summed E-state index contributed by atoms with van der Waals surface area (Å²) in [6, 6.07) is 17.1. The van der Waals surface area contributed by atoms with Crippen LogP contribution >= 0.6 is 27.5 Å². The van der Waals surface area contributed by atoms with E-state index < -0.39 is 0 Å². The molecule has 128 valence electrons. The van der Waals surface area contributed by atoms with Gasteiger partial charge in [-0.25, -0.2) is 4.98 Å². The molecule has 0 radical (unpaired) electrons. The molecule has 0 bridgehead atoms. The molecule has 0 fully saturated rings. The molecule has 25 heavy (non-hydrogen) atoms. The Hall–Kier alpha value is -2.24. The molecular formula is C19H16BrClN2O2. The molecule has 0 aliphatic carbocycles. The number of ether oxygens (including phenoxy) is 2. The first-order chi connectivity index (χ1) is 12.1. The van der Waals surface area contributed by atoms with Crippen LogP contribution in [0.15, 0.2) is 65.3 Å². The summed E-state index contributed by atoms with van der Waals surface area (Å²) in [5, 5.41) is 3.64. The van der Waals surface area contributed by atoms with E-state index in [4.69, 9.17) is 21.1 Å². The van der Waals surface area contributed by atoms with Crippen molar-refractivity contribution in [1.82, 2.24) is 4.98 Å². The summed E-state index contributed by atoms with van der Waals surface area (Å²) in [6.07, 6.45) is 1.65. The molecule has 1 N–H and O–H groups in total. The molecule has 3 aromatic rings. The van der Waals surface area contributed by atoms with Gasteiger partial charge in [-0.2, -0.15) is 0 Å². The Kier molecular flexibility index (Phi) is 5.79. The lowest BCUT2D eigenvalue weighted by Crippen LogP contribution is -1.98. The number of aromatic nitrogens is 1. The van der Waals surface area contributed by atoms with Gasteiger partial charge in [0.2, 0.25) is 5.88 Å². The Balaban J connectivity index is 1.76. The first-order valence-electron chi connectivity index (χ1n) is 7.62. The Bertz CT molecular complexity index is 859. The molecule has 0 aliphatic rings. The molecule has 0 saturated carbocycles. The maximum atomic E-state index is 6.11. The van der Waals surface area contributed by atoms with Crippen LogP contribution in [-0.4, -0.2) is 12.0 Å². The van der Waals surface area contributed by atoms with E-state index in [-0.39, 0.29) is 0 Å². The lowest BCUT2D eigenvalue weighted by atomic mass is 10.2. The molecule has 0 atom stereocenters. The fraction of sp³-hybridized carbons (Fsp3) is 0.105. The Labute approximate surface area is 159 Å². The average Bonchev–Trinajstić information content (AvgIpc) is 2.62. The van der Waals surface area contributed by atoms with E-state index in [1.165, 1.54) is 0 Å². The highest BCUT2D eigenvalue weighted by molar-refractivity contribution is 9.10. The van der Waals surface area contributed by atoms with E-state index in [0.29, 0.717) is 29.0 Å². The molecule has 0 unspecified atom stereocenters. The largest absolute Gasteiger partial charge is 0.473 e. The van der Waals surface area contributed by atoms with E-state index in [9.17, 15) is 0 Å². The van der Waals surface area contributed by atoms with Gasteiger partial charge in [0.15, 0.2) is 0 Å². The summed E-state index contributed by atoms with van der Waals surface area (Å²) in [4.78, 5) is 4.26. The van der Waals surface area contributed by atoms with Gasteiger partial charge in [0.25, 0.3) is 0 Å². The molecule has 0 spiro atoms. The zero-order chi connectivity index (χ0) is 17.6. The van der Waals surface area contributed by atoms with Gasteiger partial charge in [-0.15, -0.1) is 0 Å².